The van der Waals surface area contributed by atoms with E-state index in [1.807, 2.05) is 18.2 Å². The van der Waals surface area contributed by atoms with Crippen molar-refractivity contribution in [2.75, 3.05) is 0 Å². The van der Waals surface area contributed by atoms with Crippen molar-refractivity contribution < 1.29 is 0 Å². The summed E-state index contributed by atoms with van der Waals surface area (Å²) in [6, 6.07) is 29.4. The van der Waals surface area contributed by atoms with Gasteiger partial charge in [-0.1, -0.05) is 97.6 Å². The van der Waals surface area contributed by atoms with Crippen LogP contribution in [0.5, 0.6) is 0 Å². The molecular formula is C22H18. The zero-order chi connectivity index (χ0) is 15.2. The quantitative estimate of drug-likeness (QED) is 0.521. The molecule has 0 aliphatic heterocycles. The molecule has 3 aromatic carbocycles. The average Bonchev–Trinajstić information content (AvgIpc) is 2.62. The summed E-state index contributed by atoms with van der Waals surface area (Å²) >= 11 is 0. The van der Waals surface area contributed by atoms with Crippen LogP contribution >= 0.6 is 0 Å². The third-order valence-electron chi connectivity index (χ3n) is 3.65. The molecule has 106 valence electrons. The van der Waals surface area contributed by atoms with Crippen LogP contribution in [0, 0.1) is 0 Å². The number of rotatable bonds is 4. The van der Waals surface area contributed by atoms with Gasteiger partial charge in [0.25, 0.3) is 0 Å². The lowest BCUT2D eigenvalue weighted by molar-refractivity contribution is 1.55. The van der Waals surface area contributed by atoms with Crippen LogP contribution in [0.4, 0.5) is 0 Å². The largest absolute Gasteiger partial charge is 0.0985 e. The third-order valence-corrected chi connectivity index (χ3v) is 3.65. The van der Waals surface area contributed by atoms with Crippen LogP contribution in [0.1, 0.15) is 22.3 Å². The maximum absolute atomic E-state index is 3.80. The van der Waals surface area contributed by atoms with Crippen LogP contribution in [0.15, 0.2) is 91.5 Å². The summed E-state index contributed by atoms with van der Waals surface area (Å²) in [7, 11) is 0. The molecule has 22 heavy (non-hydrogen) atoms. The Morgan fingerprint density at radius 1 is 0.591 bits per heavy atom. The highest BCUT2D eigenvalue weighted by Crippen LogP contribution is 2.26. The standard InChI is InChI=1S/C22H18/c1-2-18-13-15-19(16-14-18)17-22(20-9-5-3-6-10-20)21-11-7-4-8-12-21/h2-17H,1H2. The van der Waals surface area contributed by atoms with Crippen LogP contribution in [-0.4, -0.2) is 0 Å². The Kier molecular flexibility index (Phi) is 4.31. The van der Waals surface area contributed by atoms with Crippen molar-refractivity contribution in [3.63, 3.8) is 0 Å². The molecule has 0 saturated carbocycles. The Bertz CT molecular complexity index is 722. The number of hydrogen-bond acceptors (Lipinski definition) is 0. The van der Waals surface area contributed by atoms with E-state index >= 15 is 0 Å². The predicted molar refractivity (Wildman–Crippen MR) is 96.4 cm³/mol. The maximum atomic E-state index is 3.80. The highest BCUT2D eigenvalue weighted by Gasteiger charge is 2.04. The molecule has 0 radical (unpaired) electrons. The monoisotopic (exact) mass is 282 g/mol. The zero-order valence-corrected chi connectivity index (χ0v) is 12.4. The van der Waals surface area contributed by atoms with Crippen molar-refractivity contribution >= 4 is 17.7 Å². The van der Waals surface area contributed by atoms with Crippen LogP contribution in [-0.2, 0) is 0 Å². The molecule has 0 heterocycles. The molecule has 3 aromatic rings. The fraction of sp³-hybridized carbons (Fsp3) is 0. The van der Waals surface area contributed by atoms with Crippen molar-refractivity contribution in [2.24, 2.45) is 0 Å². The van der Waals surface area contributed by atoms with Crippen molar-refractivity contribution in [3.05, 3.63) is 114 Å². The second kappa shape index (κ2) is 6.73. The SMILES string of the molecule is C=Cc1ccc(C=C(c2ccccc2)c2ccccc2)cc1. The van der Waals surface area contributed by atoms with E-state index in [1.54, 1.807) is 0 Å². The van der Waals surface area contributed by atoms with Crippen molar-refractivity contribution in [1.29, 1.82) is 0 Å². The Hall–Kier alpha value is -2.86. The van der Waals surface area contributed by atoms with Gasteiger partial charge >= 0.3 is 0 Å². The van der Waals surface area contributed by atoms with Gasteiger partial charge in [0.2, 0.25) is 0 Å². The minimum absolute atomic E-state index is 1.14. The van der Waals surface area contributed by atoms with Gasteiger partial charge in [0.05, 0.1) is 0 Å². The summed E-state index contributed by atoms with van der Waals surface area (Å²) in [5, 5.41) is 0. The minimum atomic E-state index is 1.14. The zero-order valence-electron chi connectivity index (χ0n) is 12.4. The van der Waals surface area contributed by atoms with Crippen molar-refractivity contribution in [1.82, 2.24) is 0 Å². The minimum Gasteiger partial charge on any atom is -0.0985 e. The predicted octanol–water partition coefficient (Wildman–Crippen LogP) is 5.92. The lowest BCUT2D eigenvalue weighted by atomic mass is 9.95. The van der Waals surface area contributed by atoms with Crippen LogP contribution in [0.25, 0.3) is 17.7 Å². The molecular weight excluding hydrogens is 264 g/mol. The number of hydrogen-bond donors (Lipinski definition) is 0. The maximum Gasteiger partial charge on any atom is -0.0105 e. The molecule has 0 aromatic heterocycles. The molecule has 3 rings (SSSR count). The summed E-state index contributed by atoms with van der Waals surface area (Å²) < 4.78 is 0. The topological polar surface area (TPSA) is 0 Å². The van der Waals surface area contributed by atoms with E-state index in [2.05, 4.69) is 85.5 Å². The van der Waals surface area contributed by atoms with E-state index in [0.29, 0.717) is 0 Å². The first kappa shape index (κ1) is 14.1. The Morgan fingerprint density at radius 2 is 1.05 bits per heavy atom. The molecule has 0 heteroatoms. The molecule has 0 fully saturated rings. The molecule has 0 N–H and O–H groups in total. The molecule has 0 spiro atoms. The van der Waals surface area contributed by atoms with Crippen molar-refractivity contribution in [3.8, 4) is 0 Å². The first-order valence-electron chi connectivity index (χ1n) is 7.42. The number of benzene rings is 3. The van der Waals surface area contributed by atoms with Gasteiger partial charge in [-0.25, -0.2) is 0 Å². The third kappa shape index (κ3) is 3.24. The first-order valence-corrected chi connectivity index (χ1v) is 7.42. The summed E-state index contributed by atoms with van der Waals surface area (Å²) in [6.07, 6.45) is 4.10. The molecule has 0 nitrogen and oxygen atoms in total. The summed E-state index contributed by atoms with van der Waals surface area (Å²) in [5.41, 5.74) is 6.00. The fourth-order valence-corrected chi connectivity index (χ4v) is 2.46. The van der Waals surface area contributed by atoms with E-state index < -0.39 is 0 Å². The molecule has 0 atom stereocenters. The molecule has 0 saturated heterocycles. The average molecular weight is 282 g/mol. The summed E-state index contributed by atoms with van der Waals surface area (Å²) in [6.45, 7) is 3.80. The van der Waals surface area contributed by atoms with Crippen LogP contribution < -0.4 is 0 Å². The second-order valence-corrected chi connectivity index (χ2v) is 5.16. The Balaban J connectivity index is 2.08. The van der Waals surface area contributed by atoms with Crippen LogP contribution in [0.2, 0.25) is 0 Å². The van der Waals surface area contributed by atoms with E-state index in [0.717, 1.165) is 5.56 Å². The van der Waals surface area contributed by atoms with Crippen molar-refractivity contribution in [2.45, 2.75) is 0 Å². The molecule has 0 amide bonds. The highest BCUT2D eigenvalue weighted by molar-refractivity contribution is 5.91. The van der Waals surface area contributed by atoms with Gasteiger partial charge in [0.15, 0.2) is 0 Å². The smallest absolute Gasteiger partial charge is 0.0105 e. The molecule has 0 aliphatic rings. The van der Waals surface area contributed by atoms with Gasteiger partial charge in [-0.2, -0.15) is 0 Å². The first-order chi connectivity index (χ1) is 10.9. The molecule has 0 bridgehead atoms. The highest BCUT2D eigenvalue weighted by atomic mass is 14.1. The summed E-state index contributed by atoms with van der Waals surface area (Å²) in [5.74, 6) is 0. The van der Waals surface area contributed by atoms with Gasteiger partial charge in [0, 0.05) is 0 Å². The fourth-order valence-electron chi connectivity index (χ4n) is 2.46. The van der Waals surface area contributed by atoms with E-state index in [-0.39, 0.29) is 0 Å². The van der Waals surface area contributed by atoms with Gasteiger partial charge in [-0.3, -0.25) is 0 Å². The van der Waals surface area contributed by atoms with Gasteiger partial charge in [0.1, 0.15) is 0 Å². The lowest BCUT2D eigenvalue weighted by Gasteiger charge is -2.09. The second-order valence-electron chi connectivity index (χ2n) is 5.16. The lowest BCUT2D eigenvalue weighted by Crippen LogP contribution is -1.88. The molecule has 0 aliphatic carbocycles. The van der Waals surface area contributed by atoms with E-state index in [1.165, 1.54) is 22.3 Å². The van der Waals surface area contributed by atoms with E-state index in [9.17, 15) is 0 Å². The Labute approximate surface area is 132 Å². The van der Waals surface area contributed by atoms with Crippen LogP contribution in [0.3, 0.4) is 0 Å². The van der Waals surface area contributed by atoms with Gasteiger partial charge < -0.3 is 0 Å². The molecule has 0 unspecified atom stereocenters. The Morgan fingerprint density at radius 3 is 1.50 bits per heavy atom. The normalized spacial score (nSPS) is 10.0. The van der Waals surface area contributed by atoms with Gasteiger partial charge in [-0.05, 0) is 33.9 Å². The van der Waals surface area contributed by atoms with E-state index in [4.69, 9.17) is 0 Å². The summed E-state index contributed by atoms with van der Waals surface area (Å²) in [4.78, 5) is 0. The van der Waals surface area contributed by atoms with Gasteiger partial charge in [-0.15, -0.1) is 0 Å².